The summed E-state index contributed by atoms with van der Waals surface area (Å²) < 4.78 is 57.6. The predicted molar refractivity (Wildman–Crippen MR) is 88.6 cm³/mol. The second-order valence-electron chi connectivity index (χ2n) is 5.39. The van der Waals surface area contributed by atoms with E-state index in [4.69, 9.17) is 16.0 Å². The summed E-state index contributed by atoms with van der Waals surface area (Å²) in [6, 6.07) is 7.81. The van der Waals surface area contributed by atoms with Gasteiger partial charge in [-0.25, -0.2) is 9.37 Å². The van der Waals surface area contributed by atoms with Gasteiger partial charge in [0.05, 0.1) is 5.56 Å². The molecule has 7 heteroatoms. The number of hydrogen-bond acceptors (Lipinski definition) is 2. The highest BCUT2D eigenvalue weighted by atomic mass is 35.5. The van der Waals surface area contributed by atoms with Crippen LogP contribution in [-0.2, 0) is 6.18 Å². The van der Waals surface area contributed by atoms with Crippen LogP contribution < -0.4 is 0 Å². The molecule has 0 N–H and O–H groups in total. The minimum atomic E-state index is -4.76. The molecular weight excluding hydrogens is 358 g/mol. The summed E-state index contributed by atoms with van der Waals surface area (Å²) in [5, 5.41) is 0.503. The minimum absolute atomic E-state index is 0.214. The number of hydrogen-bond donors (Lipinski definition) is 0. The van der Waals surface area contributed by atoms with Crippen LogP contribution in [0.4, 0.5) is 17.6 Å². The van der Waals surface area contributed by atoms with Crippen molar-refractivity contribution in [2.24, 2.45) is 0 Å². The largest absolute Gasteiger partial charge is 0.436 e. The Hall–Kier alpha value is -2.34. The Bertz CT molecular complexity index is 959. The fourth-order valence-corrected chi connectivity index (χ4v) is 2.57. The highest BCUT2D eigenvalue weighted by Gasteiger charge is 2.34. The Kier molecular flexibility index (Phi) is 4.56. The van der Waals surface area contributed by atoms with Gasteiger partial charge in [-0.15, -0.1) is 0 Å². The smallest absolute Gasteiger partial charge is 0.419 e. The summed E-state index contributed by atoms with van der Waals surface area (Å²) >= 11 is 5.91. The number of allylic oxidation sites excluding steroid dienone is 1. The molecule has 0 bridgehead atoms. The Morgan fingerprint density at radius 2 is 1.96 bits per heavy atom. The normalized spacial score (nSPS) is 12.8. The lowest BCUT2D eigenvalue weighted by molar-refractivity contribution is -0.140. The van der Waals surface area contributed by atoms with Crippen molar-refractivity contribution in [2.75, 3.05) is 0 Å². The number of aromatic nitrogens is 1. The number of halogens is 5. The Labute approximate surface area is 145 Å². The van der Waals surface area contributed by atoms with Crippen molar-refractivity contribution >= 4 is 34.3 Å². The topological polar surface area (TPSA) is 26.0 Å². The monoisotopic (exact) mass is 369 g/mol. The van der Waals surface area contributed by atoms with Crippen LogP contribution in [0.5, 0.6) is 0 Å². The second-order valence-corrected chi connectivity index (χ2v) is 5.83. The van der Waals surface area contributed by atoms with Crippen LogP contribution in [0.2, 0.25) is 5.02 Å². The molecule has 2 nitrogen and oxygen atoms in total. The molecule has 0 radical (unpaired) electrons. The first kappa shape index (κ1) is 17.5. The van der Waals surface area contributed by atoms with Crippen molar-refractivity contribution < 1.29 is 22.0 Å². The molecule has 0 unspecified atom stereocenters. The molecular formula is C18H12ClF4NO. The van der Waals surface area contributed by atoms with E-state index in [0.717, 1.165) is 12.1 Å². The third-order valence-corrected chi connectivity index (χ3v) is 3.88. The van der Waals surface area contributed by atoms with Gasteiger partial charge < -0.3 is 4.42 Å². The molecule has 0 amide bonds. The van der Waals surface area contributed by atoms with Crippen LogP contribution in [0.3, 0.4) is 0 Å². The molecule has 0 aliphatic rings. The quantitative estimate of drug-likeness (QED) is 0.487. The molecule has 1 heterocycles. The summed E-state index contributed by atoms with van der Waals surface area (Å²) in [5.74, 6) is -1.02. The number of rotatable bonds is 3. The van der Waals surface area contributed by atoms with Gasteiger partial charge in [-0.1, -0.05) is 24.6 Å². The molecule has 130 valence electrons. The standard InChI is InChI=1S/C18H12ClF4NO/c1-2-11(17-24-15-9-12(19)4-6-16(15)25-17)7-10-3-5-14(20)13(8-10)18(21,22)23/h3-9H,2H2,1H3. The third-order valence-electron chi connectivity index (χ3n) is 3.64. The highest BCUT2D eigenvalue weighted by Crippen LogP contribution is 2.33. The fraction of sp³-hybridized carbons (Fsp3) is 0.167. The summed E-state index contributed by atoms with van der Waals surface area (Å²) in [6.07, 6.45) is -2.78. The molecule has 1 aromatic heterocycles. The number of alkyl halides is 3. The molecule has 0 fully saturated rings. The first-order valence-electron chi connectivity index (χ1n) is 7.41. The Balaban J connectivity index is 2.05. The summed E-state index contributed by atoms with van der Waals surface area (Å²) in [5.41, 5.74) is 0.574. The summed E-state index contributed by atoms with van der Waals surface area (Å²) in [7, 11) is 0. The van der Waals surface area contributed by atoms with Crippen LogP contribution in [0.25, 0.3) is 22.7 Å². The molecule has 0 aliphatic heterocycles. The van der Waals surface area contributed by atoms with E-state index in [1.807, 2.05) is 6.92 Å². The van der Waals surface area contributed by atoms with Crippen molar-refractivity contribution in [3.63, 3.8) is 0 Å². The van der Waals surface area contributed by atoms with Crippen LogP contribution >= 0.6 is 11.6 Å². The summed E-state index contributed by atoms with van der Waals surface area (Å²) in [4.78, 5) is 4.31. The zero-order chi connectivity index (χ0) is 18.2. The van der Waals surface area contributed by atoms with E-state index in [-0.39, 0.29) is 11.5 Å². The number of oxazole rings is 1. The van der Waals surface area contributed by atoms with Gasteiger partial charge in [0.1, 0.15) is 11.3 Å². The number of benzene rings is 2. The van der Waals surface area contributed by atoms with E-state index >= 15 is 0 Å². The molecule has 0 spiro atoms. The maximum Gasteiger partial charge on any atom is 0.419 e. The van der Waals surface area contributed by atoms with Crippen molar-refractivity contribution in [3.8, 4) is 0 Å². The zero-order valence-corrected chi connectivity index (χ0v) is 13.7. The predicted octanol–water partition coefficient (Wildman–Crippen LogP) is 6.59. The fourth-order valence-electron chi connectivity index (χ4n) is 2.40. The second kappa shape index (κ2) is 6.52. The van der Waals surface area contributed by atoms with Crippen LogP contribution in [0, 0.1) is 5.82 Å². The van der Waals surface area contributed by atoms with Gasteiger partial charge in [-0.3, -0.25) is 0 Å². The van der Waals surface area contributed by atoms with Gasteiger partial charge in [0.15, 0.2) is 5.58 Å². The molecule has 0 atom stereocenters. The van der Waals surface area contributed by atoms with Crippen LogP contribution in [0.1, 0.15) is 30.4 Å². The Morgan fingerprint density at radius 1 is 1.20 bits per heavy atom. The van der Waals surface area contributed by atoms with E-state index in [1.54, 1.807) is 18.2 Å². The first-order chi connectivity index (χ1) is 11.8. The van der Waals surface area contributed by atoms with E-state index in [2.05, 4.69) is 4.98 Å². The van der Waals surface area contributed by atoms with Gasteiger partial charge in [0, 0.05) is 10.6 Å². The maximum absolute atomic E-state index is 13.4. The van der Waals surface area contributed by atoms with Gasteiger partial charge in [0.2, 0.25) is 5.89 Å². The van der Waals surface area contributed by atoms with Gasteiger partial charge in [-0.2, -0.15) is 13.2 Å². The average Bonchev–Trinajstić information content (AvgIpc) is 2.95. The molecule has 25 heavy (non-hydrogen) atoms. The van der Waals surface area contributed by atoms with Crippen LogP contribution in [0.15, 0.2) is 40.8 Å². The molecule has 0 saturated heterocycles. The molecule has 2 aromatic carbocycles. The van der Waals surface area contributed by atoms with E-state index in [0.29, 0.717) is 28.1 Å². The minimum Gasteiger partial charge on any atom is -0.436 e. The van der Waals surface area contributed by atoms with E-state index in [1.165, 1.54) is 12.1 Å². The van der Waals surface area contributed by atoms with Crippen molar-refractivity contribution in [2.45, 2.75) is 19.5 Å². The maximum atomic E-state index is 13.4. The summed E-state index contributed by atoms with van der Waals surface area (Å²) in [6.45, 7) is 1.82. The van der Waals surface area contributed by atoms with Gasteiger partial charge in [-0.05, 0) is 48.4 Å². The van der Waals surface area contributed by atoms with Crippen molar-refractivity contribution in [3.05, 3.63) is 64.3 Å². The van der Waals surface area contributed by atoms with Crippen molar-refractivity contribution in [1.82, 2.24) is 4.98 Å². The van der Waals surface area contributed by atoms with E-state index < -0.39 is 17.6 Å². The SMILES string of the molecule is CCC(=Cc1ccc(F)c(C(F)(F)F)c1)c1nc2cc(Cl)ccc2o1. The Morgan fingerprint density at radius 3 is 2.64 bits per heavy atom. The highest BCUT2D eigenvalue weighted by molar-refractivity contribution is 6.31. The zero-order valence-electron chi connectivity index (χ0n) is 13.0. The molecule has 0 aliphatic carbocycles. The average molecular weight is 370 g/mol. The van der Waals surface area contributed by atoms with Gasteiger partial charge in [0.25, 0.3) is 0 Å². The number of fused-ring (bicyclic) bond motifs is 1. The molecule has 3 rings (SSSR count). The van der Waals surface area contributed by atoms with Gasteiger partial charge >= 0.3 is 6.18 Å². The van der Waals surface area contributed by atoms with E-state index in [9.17, 15) is 17.6 Å². The third kappa shape index (κ3) is 3.69. The lowest BCUT2D eigenvalue weighted by Gasteiger charge is -2.09. The lowest BCUT2D eigenvalue weighted by atomic mass is 10.1. The molecule has 0 saturated carbocycles. The molecule has 3 aromatic rings. The number of nitrogens with zero attached hydrogens (tertiary/aromatic N) is 1. The first-order valence-corrected chi connectivity index (χ1v) is 7.79. The van der Waals surface area contributed by atoms with Crippen LogP contribution in [-0.4, -0.2) is 4.98 Å². The lowest BCUT2D eigenvalue weighted by Crippen LogP contribution is -2.08. The van der Waals surface area contributed by atoms with Crippen molar-refractivity contribution in [1.29, 1.82) is 0 Å².